The SMILES string of the molecule is CC(C)(C)C(=O)[C@H](CC(=O)O)NC(=O)CNC(=O)[C@@H](N)CCCNC(=N)N. The van der Waals surface area contributed by atoms with E-state index in [0.717, 1.165) is 0 Å². The van der Waals surface area contributed by atoms with Crippen LogP contribution in [0.1, 0.15) is 40.0 Å². The van der Waals surface area contributed by atoms with Crippen molar-refractivity contribution in [2.45, 2.75) is 52.1 Å². The van der Waals surface area contributed by atoms with E-state index in [9.17, 15) is 19.2 Å². The molecule has 0 radical (unpaired) electrons. The summed E-state index contributed by atoms with van der Waals surface area (Å²) in [7, 11) is 0. The van der Waals surface area contributed by atoms with E-state index in [4.69, 9.17) is 22.0 Å². The van der Waals surface area contributed by atoms with Gasteiger partial charge < -0.3 is 32.5 Å². The predicted octanol–water partition coefficient (Wildman–Crippen LogP) is -1.73. The molecule has 0 rings (SSSR count). The molecule has 154 valence electrons. The van der Waals surface area contributed by atoms with Crippen LogP contribution in [0.3, 0.4) is 0 Å². The molecular formula is C16H30N6O5. The standard InChI is InChI=1S/C16H30N6O5/c1-16(2,3)13(26)10(7-12(24)25)22-11(23)8-21-14(27)9(17)5-4-6-20-15(18)19/h9-10H,4-8,17H2,1-3H3,(H,21,27)(H,22,23)(H,24,25)(H4,18,19,20)/t9-,10-/m0/s1. The third kappa shape index (κ3) is 10.8. The van der Waals surface area contributed by atoms with Crippen LogP contribution in [-0.2, 0) is 19.2 Å². The topological polar surface area (TPSA) is 200 Å². The van der Waals surface area contributed by atoms with Gasteiger partial charge in [0.15, 0.2) is 11.7 Å². The predicted molar refractivity (Wildman–Crippen MR) is 98.8 cm³/mol. The number of nitrogens with two attached hydrogens (primary N) is 2. The highest BCUT2D eigenvalue weighted by Crippen LogP contribution is 2.18. The molecule has 0 fully saturated rings. The lowest BCUT2D eigenvalue weighted by Gasteiger charge is -2.24. The first-order valence-corrected chi connectivity index (χ1v) is 8.51. The zero-order valence-electron chi connectivity index (χ0n) is 15.9. The second kappa shape index (κ2) is 11.1. The van der Waals surface area contributed by atoms with Crippen LogP contribution in [0.25, 0.3) is 0 Å². The van der Waals surface area contributed by atoms with E-state index in [0.29, 0.717) is 19.4 Å². The number of guanidine groups is 1. The molecule has 0 saturated carbocycles. The Kier molecular flexibility index (Phi) is 10.0. The van der Waals surface area contributed by atoms with Crippen LogP contribution in [0.5, 0.6) is 0 Å². The number of nitrogens with one attached hydrogen (secondary N) is 4. The first kappa shape index (κ1) is 24.3. The number of Topliss-reactive ketones (excluding diaryl/α,β-unsaturated/α-hetero) is 1. The lowest BCUT2D eigenvalue weighted by Crippen LogP contribution is -2.51. The van der Waals surface area contributed by atoms with Gasteiger partial charge >= 0.3 is 5.97 Å². The summed E-state index contributed by atoms with van der Waals surface area (Å²) in [6.07, 6.45) is 0.275. The van der Waals surface area contributed by atoms with Gasteiger partial charge in [-0.2, -0.15) is 0 Å². The first-order valence-electron chi connectivity index (χ1n) is 8.51. The van der Waals surface area contributed by atoms with E-state index in [-0.39, 0.29) is 5.96 Å². The van der Waals surface area contributed by atoms with Gasteiger partial charge in [-0.05, 0) is 12.8 Å². The van der Waals surface area contributed by atoms with E-state index < -0.39 is 54.0 Å². The Hall–Kier alpha value is -2.69. The Morgan fingerprint density at radius 2 is 1.74 bits per heavy atom. The Bertz CT molecular complexity index is 572. The Morgan fingerprint density at radius 1 is 1.15 bits per heavy atom. The van der Waals surface area contributed by atoms with E-state index in [1.807, 2.05) is 0 Å². The molecule has 9 N–H and O–H groups in total. The summed E-state index contributed by atoms with van der Waals surface area (Å²) in [6, 6.07) is -2.03. The Labute approximate surface area is 158 Å². The fourth-order valence-corrected chi connectivity index (χ4v) is 2.13. The number of hydrogen-bond acceptors (Lipinski definition) is 6. The zero-order valence-corrected chi connectivity index (χ0v) is 15.9. The van der Waals surface area contributed by atoms with Gasteiger partial charge in [-0.3, -0.25) is 24.6 Å². The summed E-state index contributed by atoms with van der Waals surface area (Å²) < 4.78 is 0. The summed E-state index contributed by atoms with van der Waals surface area (Å²) in [5.41, 5.74) is 10.0. The van der Waals surface area contributed by atoms with Crippen molar-refractivity contribution in [1.82, 2.24) is 16.0 Å². The second-order valence-corrected chi connectivity index (χ2v) is 7.14. The molecule has 0 aliphatic carbocycles. The molecule has 0 aromatic carbocycles. The summed E-state index contributed by atoms with van der Waals surface area (Å²) in [6.45, 7) is 4.84. The Balaban J connectivity index is 4.48. The van der Waals surface area contributed by atoms with E-state index >= 15 is 0 Å². The highest BCUT2D eigenvalue weighted by molar-refractivity contribution is 5.96. The summed E-state index contributed by atoms with van der Waals surface area (Å²) in [4.78, 5) is 47.0. The van der Waals surface area contributed by atoms with Crippen molar-refractivity contribution in [3.8, 4) is 0 Å². The van der Waals surface area contributed by atoms with Crippen molar-refractivity contribution >= 4 is 29.5 Å². The van der Waals surface area contributed by atoms with Crippen LogP contribution in [-0.4, -0.2) is 59.8 Å². The average Bonchev–Trinajstić information content (AvgIpc) is 2.53. The number of carbonyl (C=O) groups excluding carboxylic acids is 3. The summed E-state index contributed by atoms with van der Waals surface area (Å²) >= 11 is 0. The van der Waals surface area contributed by atoms with Gasteiger partial charge in [0.25, 0.3) is 0 Å². The summed E-state index contributed by atoms with van der Waals surface area (Å²) in [5.74, 6) is -3.05. The second-order valence-electron chi connectivity index (χ2n) is 7.14. The average molecular weight is 386 g/mol. The number of carboxylic acids is 1. The number of carboxylic acid groups (broad SMARTS) is 1. The van der Waals surface area contributed by atoms with Crippen molar-refractivity contribution in [2.75, 3.05) is 13.1 Å². The quantitative estimate of drug-likeness (QED) is 0.123. The molecule has 0 saturated heterocycles. The van der Waals surface area contributed by atoms with E-state index in [1.165, 1.54) is 0 Å². The first-order chi connectivity index (χ1) is 12.3. The normalized spacial score (nSPS) is 13.2. The smallest absolute Gasteiger partial charge is 0.305 e. The largest absolute Gasteiger partial charge is 0.481 e. The number of hydrogen-bond donors (Lipinski definition) is 7. The molecule has 0 aliphatic rings. The van der Waals surface area contributed by atoms with E-state index in [2.05, 4.69) is 16.0 Å². The van der Waals surface area contributed by atoms with Gasteiger partial charge in [-0.15, -0.1) is 0 Å². The third-order valence-electron chi connectivity index (χ3n) is 3.54. The van der Waals surface area contributed by atoms with Crippen molar-refractivity contribution in [3.05, 3.63) is 0 Å². The molecule has 0 bridgehead atoms. The van der Waals surface area contributed by atoms with Gasteiger partial charge in [0, 0.05) is 12.0 Å². The molecule has 0 aromatic rings. The zero-order chi connectivity index (χ0) is 21.2. The summed E-state index contributed by atoms with van der Waals surface area (Å²) in [5, 5.41) is 23.2. The molecule has 11 nitrogen and oxygen atoms in total. The number of carbonyl (C=O) groups is 4. The lowest BCUT2D eigenvalue weighted by atomic mass is 9.85. The van der Waals surface area contributed by atoms with Crippen molar-refractivity contribution in [3.63, 3.8) is 0 Å². The minimum Gasteiger partial charge on any atom is -0.481 e. The van der Waals surface area contributed by atoms with Crippen LogP contribution < -0.4 is 27.4 Å². The highest BCUT2D eigenvalue weighted by atomic mass is 16.4. The molecule has 11 heteroatoms. The molecule has 0 aromatic heterocycles. The maximum Gasteiger partial charge on any atom is 0.305 e. The monoisotopic (exact) mass is 386 g/mol. The molecule has 2 amide bonds. The van der Waals surface area contributed by atoms with Gasteiger partial charge in [0.1, 0.15) is 0 Å². The molecular weight excluding hydrogens is 356 g/mol. The van der Waals surface area contributed by atoms with Gasteiger partial charge in [0.2, 0.25) is 11.8 Å². The maximum absolute atomic E-state index is 12.3. The van der Waals surface area contributed by atoms with Crippen LogP contribution in [0.15, 0.2) is 0 Å². The number of aliphatic carboxylic acids is 1. The van der Waals surface area contributed by atoms with Crippen LogP contribution >= 0.6 is 0 Å². The number of ketones is 1. The van der Waals surface area contributed by atoms with E-state index in [1.54, 1.807) is 20.8 Å². The minimum absolute atomic E-state index is 0.176. The van der Waals surface area contributed by atoms with Crippen LogP contribution in [0.4, 0.5) is 0 Å². The highest BCUT2D eigenvalue weighted by Gasteiger charge is 2.32. The third-order valence-corrected chi connectivity index (χ3v) is 3.54. The van der Waals surface area contributed by atoms with Gasteiger partial charge in [-0.1, -0.05) is 20.8 Å². The molecule has 0 unspecified atom stereocenters. The van der Waals surface area contributed by atoms with Crippen molar-refractivity contribution < 1.29 is 24.3 Å². The van der Waals surface area contributed by atoms with Crippen molar-refractivity contribution in [2.24, 2.45) is 16.9 Å². The maximum atomic E-state index is 12.3. The fraction of sp³-hybridized carbons (Fsp3) is 0.688. The fourth-order valence-electron chi connectivity index (χ4n) is 2.13. The molecule has 0 spiro atoms. The van der Waals surface area contributed by atoms with Gasteiger partial charge in [0.05, 0.1) is 25.0 Å². The molecule has 0 heterocycles. The van der Waals surface area contributed by atoms with Gasteiger partial charge in [-0.25, -0.2) is 0 Å². The van der Waals surface area contributed by atoms with Crippen LogP contribution in [0, 0.1) is 10.8 Å². The molecule has 0 aliphatic heterocycles. The molecule has 27 heavy (non-hydrogen) atoms. The number of amides is 2. The van der Waals surface area contributed by atoms with Crippen molar-refractivity contribution in [1.29, 1.82) is 5.41 Å². The molecule has 2 atom stereocenters. The minimum atomic E-state index is -1.22. The lowest BCUT2D eigenvalue weighted by molar-refractivity contribution is -0.142. The number of rotatable bonds is 11. The Morgan fingerprint density at radius 3 is 2.22 bits per heavy atom. The van der Waals surface area contributed by atoms with Crippen LogP contribution in [0.2, 0.25) is 0 Å².